The van der Waals surface area contributed by atoms with Crippen molar-refractivity contribution in [2.45, 2.75) is 20.4 Å². The number of pyridine rings is 2. The first-order valence-corrected chi connectivity index (χ1v) is 8.90. The van der Waals surface area contributed by atoms with E-state index in [-0.39, 0.29) is 18.0 Å². The quantitative estimate of drug-likeness (QED) is 0.573. The van der Waals surface area contributed by atoms with Gasteiger partial charge in [-0.25, -0.2) is 4.98 Å². The number of aromatic nitrogens is 3. The number of carbonyl (C=O) groups is 1. The van der Waals surface area contributed by atoms with Crippen LogP contribution in [0.2, 0.25) is 0 Å². The topological polar surface area (TPSA) is 88.5 Å². The average molecular weight is 376 g/mol. The van der Waals surface area contributed by atoms with Gasteiger partial charge in [0.25, 0.3) is 11.5 Å². The lowest BCUT2D eigenvalue weighted by Crippen LogP contribution is -2.28. The lowest BCUT2D eigenvalue weighted by Gasteiger charge is -2.08. The van der Waals surface area contributed by atoms with Gasteiger partial charge in [0.15, 0.2) is 0 Å². The average Bonchev–Trinajstić information content (AvgIpc) is 3.03. The highest BCUT2D eigenvalue weighted by atomic mass is 16.5. The molecule has 4 aromatic rings. The minimum atomic E-state index is -0.277. The van der Waals surface area contributed by atoms with Gasteiger partial charge in [0, 0.05) is 29.2 Å². The number of aromatic amines is 1. The molecule has 2 N–H and O–H groups in total. The molecule has 0 bridgehead atoms. The normalized spacial score (nSPS) is 11.1. The summed E-state index contributed by atoms with van der Waals surface area (Å²) in [7, 11) is 1.59. The van der Waals surface area contributed by atoms with Crippen molar-refractivity contribution < 1.29 is 9.53 Å². The molecule has 0 aliphatic carbocycles. The van der Waals surface area contributed by atoms with Crippen molar-refractivity contribution in [3.63, 3.8) is 0 Å². The molecular weight excluding hydrogens is 356 g/mol. The number of amides is 1. The second kappa shape index (κ2) is 6.84. The van der Waals surface area contributed by atoms with Crippen LogP contribution in [0.5, 0.6) is 5.75 Å². The SMILES string of the molecule is COc1ccc2[nH]c(=O)c(CNC(=O)c3c(C)nc4c(C)cccn34)cc2c1. The van der Waals surface area contributed by atoms with Crippen LogP contribution >= 0.6 is 0 Å². The molecule has 1 amide bonds. The molecule has 3 heterocycles. The van der Waals surface area contributed by atoms with Crippen LogP contribution in [-0.4, -0.2) is 27.4 Å². The van der Waals surface area contributed by atoms with E-state index in [0.29, 0.717) is 28.2 Å². The molecule has 0 unspecified atom stereocenters. The molecule has 3 aromatic heterocycles. The van der Waals surface area contributed by atoms with Crippen LogP contribution < -0.4 is 15.6 Å². The van der Waals surface area contributed by atoms with Gasteiger partial charge < -0.3 is 15.0 Å². The van der Waals surface area contributed by atoms with Crippen LogP contribution in [0.15, 0.2) is 47.4 Å². The first-order valence-electron chi connectivity index (χ1n) is 8.90. The molecule has 0 atom stereocenters. The van der Waals surface area contributed by atoms with Gasteiger partial charge in [0.1, 0.15) is 17.1 Å². The Bertz CT molecular complexity index is 1270. The number of H-pyrrole nitrogens is 1. The Morgan fingerprint density at radius 1 is 1.25 bits per heavy atom. The Morgan fingerprint density at radius 3 is 2.86 bits per heavy atom. The molecule has 0 saturated carbocycles. The fraction of sp³-hybridized carbons (Fsp3) is 0.190. The standard InChI is InChI=1S/C21H20N4O3/c1-12-5-4-8-25-18(13(2)23-19(12)25)21(27)22-11-15-9-14-10-16(28-3)6-7-17(14)24-20(15)26/h4-10H,11H2,1-3H3,(H,22,27)(H,24,26). The van der Waals surface area contributed by atoms with Gasteiger partial charge in [-0.2, -0.15) is 0 Å². The van der Waals surface area contributed by atoms with E-state index in [4.69, 9.17) is 4.74 Å². The van der Waals surface area contributed by atoms with Gasteiger partial charge >= 0.3 is 0 Å². The van der Waals surface area contributed by atoms with Gasteiger partial charge in [-0.1, -0.05) is 6.07 Å². The van der Waals surface area contributed by atoms with Crippen molar-refractivity contribution in [3.05, 3.63) is 75.5 Å². The number of imidazole rings is 1. The number of carbonyl (C=O) groups excluding carboxylic acids is 1. The van der Waals surface area contributed by atoms with Crippen LogP contribution in [0.4, 0.5) is 0 Å². The van der Waals surface area contributed by atoms with Gasteiger partial charge in [0.2, 0.25) is 0 Å². The number of rotatable bonds is 4. The van der Waals surface area contributed by atoms with E-state index < -0.39 is 0 Å². The van der Waals surface area contributed by atoms with E-state index in [0.717, 1.165) is 16.6 Å². The lowest BCUT2D eigenvalue weighted by atomic mass is 10.1. The molecule has 0 saturated heterocycles. The molecule has 0 aliphatic rings. The summed E-state index contributed by atoms with van der Waals surface area (Å²) in [5.41, 5.74) is 3.81. The highest BCUT2D eigenvalue weighted by Gasteiger charge is 2.17. The number of aryl methyl sites for hydroxylation is 2. The molecule has 0 spiro atoms. The predicted molar refractivity (Wildman–Crippen MR) is 107 cm³/mol. The second-order valence-electron chi connectivity index (χ2n) is 6.69. The van der Waals surface area contributed by atoms with Crippen molar-refractivity contribution in [1.82, 2.24) is 19.7 Å². The van der Waals surface area contributed by atoms with Gasteiger partial charge in [-0.05, 0) is 49.7 Å². The zero-order valence-corrected chi connectivity index (χ0v) is 15.9. The first-order chi connectivity index (χ1) is 13.5. The number of nitrogens with one attached hydrogen (secondary N) is 2. The van der Waals surface area contributed by atoms with Crippen molar-refractivity contribution in [1.29, 1.82) is 0 Å². The fourth-order valence-corrected chi connectivity index (χ4v) is 3.34. The summed E-state index contributed by atoms with van der Waals surface area (Å²) < 4.78 is 7.01. The van der Waals surface area contributed by atoms with Crippen LogP contribution in [0, 0.1) is 13.8 Å². The molecule has 4 rings (SSSR count). The van der Waals surface area contributed by atoms with Crippen LogP contribution in [0.3, 0.4) is 0 Å². The maximum absolute atomic E-state index is 12.8. The highest BCUT2D eigenvalue weighted by Crippen LogP contribution is 2.19. The van der Waals surface area contributed by atoms with E-state index in [1.54, 1.807) is 36.6 Å². The van der Waals surface area contributed by atoms with Crippen molar-refractivity contribution >= 4 is 22.5 Å². The summed E-state index contributed by atoms with van der Waals surface area (Å²) in [6, 6.07) is 11.0. The Hall–Kier alpha value is -3.61. The van der Waals surface area contributed by atoms with E-state index >= 15 is 0 Å². The minimum absolute atomic E-state index is 0.111. The van der Waals surface area contributed by atoms with Gasteiger partial charge in [0.05, 0.1) is 12.8 Å². The Morgan fingerprint density at radius 2 is 2.07 bits per heavy atom. The molecule has 0 fully saturated rings. The van der Waals surface area contributed by atoms with E-state index in [1.165, 1.54) is 0 Å². The Balaban J connectivity index is 1.63. The third-order valence-electron chi connectivity index (χ3n) is 4.80. The van der Waals surface area contributed by atoms with E-state index in [9.17, 15) is 9.59 Å². The van der Waals surface area contributed by atoms with Gasteiger partial charge in [-0.15, -0.1) is 0 Å². The summed E-state index contributed by atoms with van der Waals surface area (Å²) in [6.07, 6.45) is 1.81. The van der Waals surface area contributed by atoms with Gasteiger partial charge in [-0.3, -0.25) is 14.0 Å². The maximum Gasteiger partial charge on any atom is 0.270 e. The predicted octanol–water partition coefficient (Wildman–Crippen LogP) is 2.73. The third-order valence-corrected chi connectivity index (χ3v) is 4.80. The first kappa shape index (κ1) is 17.8. The molecule has 142 valence electrons. The molecule has 1 aromatic carbocycles. The van der Waals surface area contributed by atoms with Crippen molar-refractivity contribution in [3.8, 4) is 5.75 Å². The maximum atomic E-state index is 12.8. The van der Waals surface area contributed by atoms with Crippen LogP contribution in [0.1, 0.15) is 27.3 Å². The Kier molecular flexibility index (Phi) is 4.35. The van der Waals surface area contributed by atoms with Crippen molar-refractivity contribution in [2.75, 3.05) is 7.11 Å². The fourth-order valence-electron chi connectivity index (χ4n) is 3.34. The third kappa shape index (κ3) is 3.00. The second-order valence-corrected chi connectivity index (χ2v) is 6.69. The number of benzene rings is 1. The molecule has 28 heavy (non-hydrogen) atoms. The number of methoxy groups -OCH3 is 1. The van der Waals surface area contributed by atoms with E-state index in [1.807, 2.05) is 31.3 Å². The van der Waals surface area contributed by atoms with Crippen LogP contribution in [0.25, 0.3) is 16.6 Å². The molecule has 0 radical (unpaired) electrons. The number of hydrogen-bond acceptors (Lipinski definition) is 4. The number of nitrogens with zero attached hydrogens (tertiary/aromatic N) is 2. The zero-order valence-electron chi connectivity index (χ0n) is 15.9. The molecule has 0 aliphatic heterocycles. The summed E-state index contributed by atoms with van der Waals surface area (Å²) in [5.74, 6) is 0.423. The highest BCUT2D eigenvalue weighted by molar-refractivity contribution is 5.94. The smallest absolute Gasteiger partial charge is 0.270 e. The molecule has 7 heteroatoms. The van der Waals surface area contributed by atoms with Crippen molar-refractivity contribution in [2.24, 2.45) is 0 Å². The minimum Gasteiger partial charge on any atom is -0.497 e. The number of ether oxygens (including phenoxy) is 1. The Labute approximate surface area is 161 Å². The summed E-state index contributed by atoms with van der Waals surface area (Å²) >= 11 is 0. The number of hydrogen-bond donors (Lipinski definition) is 2. The monoisotopic (exact) mass is 376 g/mol. The molecule has 7 nitrogen and oxygen atoms in total. The summed E-state index contributed by atoms with van der Waals surface area (Å²) in [5, 5.41) is 3.67. The molecular formula is C21H20N4O3. The van der Waals surface area contributed by atoms with E-state index in [2.05, 4.69) is 15.3 Å². The van der Waals surface area contributed by atoms with Crippen LogP contribution in [-0.2, 0) is 6.54 Å². The zero-order chi connectivity index (χ0) is 19.8. The lowest BCUT2D eigenvalue weighted by molar-refractivity contribution is 0.0944. The number of fused-ring (bicyclic) bond motifs is 2. The largest absolute Gasteiger partial charge is 0.497 e. The summed E-state index contributed by atoms with van der Waals surface area (Å²) in [4.78, 5) is 32.5. The summed E-state index contributed by atoms with van der Waals surface area (Å²) in [6.45, 7) is 3.86.